The van der Waals surface area contributed by atoms with Gasteiger partial charge in [-0.3, -0.25) is 4.90 Å². The topological polar surface area (TPSA) is 76.1 Å². The molecule has 1 saturated heterocycles. The standard InChI is InChI=1S/C36H19F34NO5/c37-21(38,23(41,42)25(45,46)27(49,50)29(53,54)31(57,58)33(61,62)35(65,66)67)15-6-14(12-75-17-9-18(19(72)73)71(10-17)20(74)76-11-13-4-2-1-3-5-13)7-16(8-15)22(39,40)24(43,44)26(47,48)28(51,52)30(55,56)32(59,60)34(63,64)36(68,69)70/h1-8,17-18H,9-12H2,(H,72,73)/t17-,18+/m1/s1. The molecule has 436 valence electrons. The molecule has 1 aliphatic heterocycles. The molecule has 0 aliphatic carbocycles. The van der Waals surface area contributed by atoms with Crippen LogP contribution in [0.2, 0.25) is 0 Å². The summed E-state index contributed by atoms with van der Waals surface area (Å²) in [6.07, 6.45) is -21.7. The summed E-state index contributed by atoms with van der Waals surface area (Å²) < 4.78 is 488. The van der Waals surface area contributed by atoms with Crippen molar-refractivity contribution in [1.82, 2.24) is 4.90 Å². The van der Waals surface area contributed by atoms with E-state index >= 15 is 35.1 Å². The third kappa shape index (κ3) is 9.45. The number of hydrogen-bond donors (Lipinski definition) is 1. The van der Waals surface area contributed by atoms with Crippen LogP contribution in [-0.4, -0.2) is 124 Å². The summed E-state index contributed by atoms with van der Waals surface area (Å²) in [6, 6.07) is -0.588. The van der Waals surface area contributed by atoms with E-state index in [0.29, 0.717) is 0 Å². The Labute approximate surface area is 395 Å². The number of carboxylic acid groups (broad SMARTS) is 1. The molecule has 40 heteroatoms. The molecule has 3 rings (SSSR count). The normalized spacial score (nSPS) is 18.3. The number of ether oxygens (including phenoxy) is 2. The zero-order valence-corrected chi connectivity index (χ0v) is 35.0. The van der Waals surface area contributed by atoms with Crippen molar-refractivity contribution in [3.63, 3.8) is 0 Å². The zero-order valence-electron chi connectivity index (χ0n) is 35.0. The summed E-state index contributed by atoms with van der Waals surface area (Å²) in [7, 11) is 0. The van der Waals surface area contributed by atoms with Crippen LogP contribution >= 0.6 is 0 Å². The van der Waals surface area contributed by atoms with Crippen LogP contribution in [0.4, 0.5) is 154 Å². The fraction of sp³-hybridized carbons (Fsp3) is 0.611. The van der Waals surface area contributed by atoms with Crippen LogP contribution < -0.4 is 0 Å². The molecule has 1 amide bonds. The van der Waals surface area contributed by atoms with Crippen LogP contribution in [0.15, 0.2) is 48.5 Å². The molecule has 0 aromatic heterocycles. The van der Waals surface area contributed by atoms with Crippen molar-refractivity contribution in [2.45, 2.75) is 127 Å². The smallest absolute Gasteiger partial charge is 0.460 e. The van der Waals surface area contributed by atoms with Gasteiger partial charge in [0.25, 0.3) is 0 Å². The van der Waals surface area contributed by atoms with Gasteiger partial charge in [0.1, 0.15) is 12.6 Å². The van der Waals surface area contributed by atoms with E-state index in [1.54, 1.807) is 0 Å². The van der Waals surface area contributed by atoms with Crippen molar-refractivity contribution in [3.8, 4) is 0 Å². The molecule has 0 unspecified atom stereocenters. The monoisotopic (exact) mass is 1190 g/mol. The fourth-order valence-corrected chi connectivity index (χ4v) is 6.20. The Morgan fingerprint density at radius 3 is 1.07 bits per heavy atom. The SMILES string of the molecule is O=C(O)[C@@H]1C[C@@H](OCc2cc(C(F)(F)C(F)(F)C(F)(F)C(F)(F)C(F)(F)C(F)(F)C(F)(F)C(F)(F)F)cc(C(F)(F)C(F)(F)C(F)(F)C(F)(F)C(F)(F)C(F)(F)C(F)(F)C(F)(F)F)c2)CN1C(=O)OCc1ccccc1. The van der Waals surface area contributed by atoms with Gasteiger partial charge in [0.05, 0.1) is 19.3 Å². The summed E-state index contributed by atoms with van der Waals surface area (Å²) in [6.45, 7) is -4.36. The lowest BCUT2D eigenvalue weighted by Crippen LogP contribution is -2.74. The van der Waals surface area contributed by atoms with Gasteiger partial charge in [-0.25, -0.2) is 9.59 Å². The fourth-order valence-electron chi connectivity index (χ4n) is 6.20. The molecule has 1 N–H and O–H groups in total. The number of alkyl halides is 34. The van der Waals surface area contributed by atoms with Crippen molar-refractivity contribution in [3.05, 3.63) is 70.8 Å². The second-order valence-electron chi connectivity index (χ2n) is 15.7. The molecule has 2 aromatic rings. The zero-order chi connectivity index (χ0) is 60.1. The number of hydrogen-bond acceptors (Lipinski definition) is 4. The Morgan fingerprint density at radius 1 is 0.434 bits per heavy atom. The number of benzene rings is 2. The Hall–Kier alpha value is -5.24. The Bertz CT molecular complexity index is 2320. The first-order valence-corrected chi connectivity index (χ1v) is 18.7. The van der Waals surface area contributed by atoms with Crippen LogP contribution in [0.5, 0.6) is 0 Å². The van der Waals surface area contributed by atoms with E-state index in [1.165, 1.54) is 30.3 Å². The maximum absolute atomic E-state index is 15.5. The number of halogens is 34. The summed E-state index contributed by atoms with van der Waals surface area (Å²) in [5.41, 5.74) is -10.5. The van der Waals surface area contributed by atoms with E-state index in [1.807, 2.05) is 0 Å². The summed E-state index contributed by atoms with van der Waals surface area (Å²) >= 11 is 0. The summed E-state index contributed by atoms with van der Waals surface area (Å²) in [5, 5.41) is 9.52. The number of carbonyl (C=O) groups is 2. The number of nitrogens with zero attached hydrogens (tertiary/aromatic N) is 1. The highest BCUT2D eigenvalue weighted by Crippen LogP contribution is 2.68. The molecule has 6 nitrogen and oxygen atoms in total. The van der Waals surface area contributed by atoms with E-state index < -0.39 is 181 Å². The molecule has 0 radical (unpaired) electrons. The van der Waals surface area contributed by atoms with Gasteiger partial charge >= 0.3 is 107 Å². The molecule has 1 fully saturated rings. The van der Waals surface area contributed by atoms with Gasteiger partial charge < -0.3 is 14.6 Å². The van der Waals surface area contributed by atoms with Crippen LogP contribution in [0.1, 0.15) is 28.7 Å². The minimum Gasteiger partial charge on any atom is -0.480 e. The predicted octanol–water partition coefficient (Wildman–Crippen LogP) is 14.0. The molecular formula is C36H19F34NO5. The maximum Gasteiger partial charge on any atom is 0.460 e. The molecule has 2 aromatic carbocycles. The lowest BCUT2D eigenvalue weighted by atomic mass is 9.84. The molecule has 0 spiro atoms. The largest absolute Gasteiger partial charge is 0.480 e. The van der Waals surface area contributed by atoms with Crippen molar-refractivity contribution in [2.75, 3.05) is 6.54 Å². The number of carboxylic acids is 1. The Morgan fingerprint density at radius 2 is 0.750 bits per heavy atom. The van der Waals surface area contributed by atoms with Crippen LogP contribution in [0.25, 0.3) is 0 Å². The predicted molar refractivity (Wildman–Crippen MR) is 174 cm³/mol. The Balaban J connectivity index is 2.34. The first-order chi connectivity index (χ1) is 33.3. The molecule has 1 heterocycles. The lowest BCUT2D eigenvalue weighted by molar-refractivity contribution is -0.463. The van der Waals surface area contributed by atoms with Crippen LogP contribution in [0.3, 0.4) is 0 Å². The van der Waals surface area contributed by atoms with E-state index in [4.69, 9.17) is 9.47 Å². The van der Waals surface area contributed by atoms with Gasteiger partial charge in [-0.05, 0) is 29.3 Å². The van der Waals surface area contributed by atoms with Crippen molar-refractivity contribution in [2.24, 2.45) is 0 Å². The highest BCUT2D eigenvalue weighted by atomic mass is 19.4. The van der Waals surface area contributed by atoms with Crippen LogP contribution in [-0.2, 0) is 39.3 Å². The third-order valence-corrected chi connectivity index (χ3v) is 10.6. The van der Waals surface area contributed by atoms with Gasteiger partial charge in [-0.15, -0.1) is 0 Å². The number of likely N-dealkylation sites (tertiary alicyclic amines) is 1. The minimum atomic E-state index is -9.49. The van der Waals surface area contributed by atoms with Gasteiger partial charge in [0.2, 0.25) is 0 Å². The van der Waals surface area contributed by atoms with E-state index in [0.717, 1.165) is 0 Å². The molecular weight excluding hydrogens is 1170 g/mol. The minimum absolute atomic E-state index is 0.138. The van der Waals surface area contributed by atoms with E-state index in [9.17, 15) is 129 Å². The van der Waals surface area contributed by atoms with Crippen molar-refractivity contribution >= 4 is 12.1 Å². The van der Waals surface area contributed by atoms with Crippen LogP contribution in [0, 0.1) is 0 Å². The maximum atomic E-state index is 15.5. The molecule has 1 aliphatic rings. The number of amides is 1. The lowest BCUT2D eigenvalue weighted by Gasteiger charge is -2.43. The highest BCUT2D eigenvalue weighted by molar-refractivity contribution is 5.81. The average Bonchev–Trinajstić information content (AvgIpc) is 3.71. The van der Waals surface area contributed by atoms with Gasteiger partial charge in [0, 0.05) is 17.5 Å². The van der Waals surface area contributed by atoms with Gasteiger partial charge in [-0.1, -0.05) is 30.3 Å². The molecule has 0 saturated carbocycles. The quantitative estimate of drug-likeness (QED) is 0.134. The van der Waals surface area contributed by atoms with Gasteiger partial charge in [0.15, 0.2) is 0 Å². The molecule has 2 atom stereocenters. The van der Waals surface area contributed by atoms with E-state index in [-0.39, 0.29) is 10.5 Å². The molecule has 0 bridgehead atoms. The second-order valence-corrected chi connectivity index (χ2v) is 15.7. The highest BCUT2D eigenvalue weighted by Gasteiger charge is 2.97. The Kier molecular flexibility index (Phi) is 16.3. The number of rotatable bonds is 20. The van der Waals surface area contributed by atoms with Gasteiger partial charge in [-0.2, -0.15) is 149 Å². The summed E-state index contributed by atoms with van der Waals surface area (Å²) in [4.78, 5) is 24.6. The average molecular weight is 1190 g/mol. The first kappa shape index (κ1) is 65.0. The van der Waals surface area contributed by atoms with Crippen molar-refractivity contribution in [1.29, 1.82) is 0 Å². The number of aliphatic carboxylic acids is 1. The summed E-state index contributed by atoms with van der Waals surface area (Å²) in [5.74, 6) is -129. The molecule has 76 heavy (non-hydrogen) atoms. The second kappa shape index (κ2) is 19.0. The first-order valence-electron chi connectivity index (χ1n) is 18.7. The van der Waals surface area contributed by atoms with E-state index in [2.05, 4.69) is 0 Å². The van der Waals surface area contributed by atoms with Crippen molar-refractivity contribution < 1.29 is 173 Å². The number of carbonyl (C=O) groups excluding carboxylic acids is 1. The third-order valence-electron chi connectivity index (χ3n) is 10.6.